The zero-order valence-electron chi connectivity index (χ0n) is 16.8. The Hall–Kier alpha value is -1.76. The molecule has 1 fully saturated rings. The van der Waals surface area contributed by atoms with Gasteiger partial charge < -0.3 is 15.2 Å². The number of aromatic hydroxyl groups is 1. The third-order valence-corrected chi connectivity index (χ3v) is 7.74. The van der Waals surface area contributed by atoms with Gasteiger partial charge in [0.2, 0.25) is 0 Å². The van der Waals surface area contributed by atoms with Gasteiger partial charge in [-0.2, -0.15) is 0 Å². The maximum atomic E-state index is 12.6. The van der Waals surface area contributed by atoms with Crippen LogP contribution in [0.15, 0.2) is 42.5 Å². The molecule has 0 radical (unpaired) electrons. The number of carbonyl (C=O) groups is 1. The third kappa shape index (κ3) is 3.98. The molecule has 4 rings (SSSR count). The van der Waals surface area contributed by atoms with Crippen molar-refractivity contribution in [2.75, 3.05) is 0 Å². The summed E-state index contributed by atoms with van der Waals surface area (Å²) < 4.78 is 6.38. The van der Waals surface area contributed by atoms with Crippen LogP contribution in [-0.4, -0.2) is 17.2 Å². The molecule has 0 saturated heterocycles. The van der Waals surface area contributed by atoms with Gasteiger partial charge in [0.25, 0.3) is 0 Å². The number of ether oxygens (including phenoxy) is 1. The quantitative estimate of drug-likeness (QED) is 0.526. The van der Waals surface area contributed by atoms with Crippen LogP contribution < -0.4 is 5.32 Å². The minimum absolute atomic E-state index is 0.0189. The SMILES string of the molecule is CC[C@@]12CCCC[C@@H]1[C@@H](NC(=O)OCc1ccccc1)Cc1cc(I)c(O)cc12. The van der Waals surface area contributed by atoms with E-state index < -0.39 is 0 Å². The van der Waals surface area contributed by atoms with Crippen LogP contribution in [-0.2, 0) is 23.2 Å². The van der Waals surface area contributed by atoms with E-state index >= 15 is 0 Å². The Morgan fingerprint density at radius 1 is 1.28 bits per heavy atom. The molecule has 2 aromatic rings. The maximum Gasteiger partial charge on any atom is 0.407 e. The summed E-state index contributed by atoms with van der Waals surface area (Å²) in [7, 11) is 0. The molecule has 0 unspecified atom stereocenters. The van der Waals surface area contributed by atoms with Crippen LogP contribution in [0.1, 0.15) is 55.7 Å². The van der Waals surface area contributed by atoms with Crippen molar-refractivity contribution < 1.29 is 14.6 Å². The van der Waals surface area contributed by atoms with Crippen molar-refractivity contribution in [3.8, 4) is 5.75 Å². The van der Waals surface area contributed by atoms with Gasteiger partial charge >= 0.3 is 6.09 Å². The monoisotopic (exact) mass is 505 g/mol. The Kier molecular flexibility index (Phi) is 6.04. The van der Waals surface area contributed by atoms with E-state index in [0.717, 1.165) is 34.8 Å². The summed E-state index contributed by atoms with van der Waals surface area (Å²) in [6.45, 7) is 2.53. The van der Waals surface area contributed by atoms with Crippen molar-refractivity contribution in [1.29, 1.82) is 0 Å². The van der Waals surface area contributed by atoms with Gasteiger partial charge in [0.05, 0.1) is 3.57 Å². The van der Waals surface area contributed by atoms with Crippen LogP contribution in [0.5, 0.6) is 5.75 Å². The van der Waals surface area contributed by atoms with Crippen molar-refractivity contribution in [3.05, 3.63) is 62.7 Å². The average molecular weight is 505 g/mol. The lowest BCUT2D eigenvalue weighted by Gasteiger charge is -2.52. The molecule has 0 aromatic heterocycles. The fourth-order valence-electron chi connectivity index (χ4n) is 5.50. The van der Waals surface area contributed by atoms with Crippen LogP contribution in [0.3, 0.4) is 0 Å². The average Bonchev–Trinajstić information content (AvgIpc) is 2.74. The van der Waals surface area contributed by atoms with E-state index in [2.05, 4.69) is 40.9 Å². The fourth-order valence-corrected chi connectivity index (χ4v) is 6.03. The van der Waals surface area contributed by atoms with Crippen molar-refractivity contribution in [1.82, 2.24) is 5.32 Å². The summed E-state index contributed by atoms with van der Waals surface area (Å²) in [6, 6.07) is 13.9. The molecule has 154 valence electrons. The van der Waals surface area contributed by atoms with Crippen LogP contribution in [0, 0.1) is 9.49 Å². The Morgan fingerprint density at radius 3 is 2.83 bits per heavy atom. The molecule has 2 aliphatic carbocycles. The van der Waals surface area contributed by atoms with Crippen LogP contribution in [0.25, 0.3) is 0 Å². The van der Waals surface area contributed by atoms with Gasteiger partial charge in [-0.15, -0.1) is 0 Å². The number of benzene rings is 2. The highest BCUT2D eigenvalue weighted by molar-refractivity contribution is 14.1. The Labute approximate surface area is 186 Å². The fraction of sp³-hybridized carbons (Fsp3) is 0.458. The number of fused-ring (bicyclic) bond motifs is 3. The summed E-state index contributed by atoms with van der Waals surface area (Å²) in [5, 5.41) is 13.6. The van der Waals surface area contributed by atoms with E-state index in [1.165, 1.54) is 24.0 Å². The standard InChI is InChI=1S/C24H28INO3/c1-2-24-11-7-6-10-18(24)21(13-17-12-20(25)22(27)14-19(17)24)26-23(28)29-15-16-8-4-3-5-9-16/h3-5,8-9,12,14,18,21,27H,2,6-7,10-11,13,15H2,1H3,(H,26,28)/t18-,21+,24-/m1/s1. The first-order valence-corrected chi connectivity index (χ1v) is 11.6. The van der Waals surface area contributed by atoms with Gasteiger partial charge in [0.1, 0.15) is 12.4 Å². The molecule has 0 spiro atoms. The summed E-state index contributed by atoms with van der Waals surface area (Å²) >= 11 is 2.19. The normalized spacial score (nSPS) is 25.6. The molecule has 5 heteroatoms. The predicted octanol–water partition coefficient (Wildman–Crippen LogP) is 5.69. The topological polar surface area (TPSA) is 58.6 Å². The predicted molar refractivity (Wildman–Crippen MR) is 122 cm³/mol. The molecule has 0 aliphatic heterocycles. The lowest BCUT2D eigenvalue weighted by atomic mass is 9.54. The Balaban J connectivity index is 1.57. The summed E-state index contributed by atoms with van der Waals surface area (Å²) in [4.78, 5) is 12.6. The first-order chi connectivity index (χ1) is 14.0. The lowest BCUT2D eigenvalue weighted by molar-refractivity contribution is 0.0964. The Bertz CT molecular complexity index is 885. The largest absolute Gasteiger partial charge is 0.507 e. The zero-order chi connectivity index (χ0) is 20.4. The number of phenolic OH excluding ortho intramolecular Hbond substituents is 1. The van der Waals surface area contributed by atoms with Crippen molar-refractivity contribution in [2.45, 2.75) is 63.5 Å². The Morgan fingerprint density at radius 2 is 2.07 bits per heavy atom. The first kappa shape index (κ1) is 20.5. The lowest BCUT2D eigenvalue weighted by Crippen LogP contribution is -2.55. The molecular formula is C24H28INO3. The smallest absolute Gasteiger partial charge is 0.407 e. The molecule has 4 nitrogen and oxygen atoms in total. The molecular weight excluding hydrogens is 477 g/mol. The number of halogens is 1. The van der Waals surface area contributed by atoms with E-state index in [0.29, 0.717) is 11.7 Å². The number of hydrogen-bond donors (Lipinski definition) is 2. The molecule has 1 saturated carbocycles. The number of carbonyl (C=O) groups excluding carboxylic acids is 1. The number of rotatable bonds is 4. The highest BCUT2D eigenvalue weighted by atomic mass is 127. The van der Waals surface area contributed by atoms with Crippen molar-refractivity contribution >= 4 is 28.7 Å². The minimum atomic E-state index is -0.341. The zero-order valence-corrected chi connectivity index (χ0v) is 18.9. The summed E-state index contributed by atoms with van der Waals surface area (Å²) in [5.41, 5.74) is 3.55. The highest BCUT2D eigenvalue weighted by Gasteiger charge is 2.49. The third-order valence-electron chi connectivity index (χ3n) is 6.88. The van der Waals surface area contributed by atoms with Gasteiger partial charge in [-0.25, -0.2) is 4.79 Å². The molecule has 0 heterocycles. The van der Waals surface area contributed by atoms with Crippen LogP contribution >= 0.6 is 22.6 Å². The van der Waals surface area contributed by atoms with Crippen LogP contribution in [0.4, 0.5) is 4.79 Å². The molecule has 1 amide bonds. The molecule has 2 aliphatic rings. The second-order valence-corrected chi connectivity index (χ2v) is 9.50. The molecule has 0 bridgehead atoms. The molecule has 29 heavy (non-hydrogen) atoms. The molecule has 2 N–H and O–H groups in total. The molecule has 2 aromatic carbocycles. The van der Waals surface area contributed by atoms with E-state index in [4.69, 9.17) is 4.74 Å². The van der Waals surface area contributed by atoms with Gasteiger partial charge in [-0.05, 0) is 83.0 Å². The van der Waals surface area contributed by atoms with Gasteiger partial charge in [-0.3, -0.25) is 0 Å². The number of alkyl carbamates (subject to hydrolysis) is 1. The summed E-state index contributed by atoms with van der Waals surface area (Å²) in [6.07, 6.45) is 6.06. The molecule has 3 atom stereocenters. The number of nitrogens with one attached hydrogen (secondary N) is 1. The van der Waals surface area contributed by atoms with Gasteiger partial charge in [0, 0.05) is 11.5 Å². The minimum Gasteiger partial charge on any atom is -0.507 e. The van der Waals surface area contributed by atoms with Crippen molar-refractivity contribution in [3.63, 3.8) is 0 Å². The van der Waals surface area contributed by atoms with Gasteiger partial charge in [-0.1, -0.05) is 50.1 Å². The summed E-state index contributed by atoms with van der Waals surface area (Å²) in [5.74, 6) is 0.743. The first-order valence-electron chi connectivity index (χ1n) is 10.5. The van der Waals surface area contributed by atoms with Crippen LogP contribution in [0.2, 0.25) is 0 Å². The van der Waals surface area contributed by atoms with E-state index in [1.54, 1.807) is 0 Å². The van der Waals surface area contributed by atoms with E-state index in [-0.39, 0.29) is 24.2 Å². The maximum absolute atomic E-state index is 12.6. The van der Waals surface area contributed by atoms with Gasteiger partial charge in [0.15, 0.2) is 0 Å². The number of amides is 1. The second kappa shape index (κ2) is 8.54. The second-order valence-electron chi connectivity index (χ2n) is 8.34. The number of phenols is 1. The van der Waals surface area contributed by atoms with E-state index in [9.17, 15) is 9.90 Å². The van der Waals surface area contributed by atoms with Crippen molar-refractivity contribution in [2.24, 2.45) is 5.92 Å². The number of hydrogen-bond acceptors (Lipinski definition) is 3. The highest BCUT2D eigenvalue weighted by Crippen LogP contribution is 2.53. The van der Waals surface area contributed by atoms with E-state index in [1.807, 2.05) is 36.4 Å².